The molecule has 16 heavy (non-hydrogen) atoms. The molecular formula is C11H11ClN4. The molecule has 2 aromatic rings. The first-order chi connectivity index (χ1) is 7.84. The fourth-order valence-electron chi connectivity index (χ4n) is 2.13. The molecule has 0 aliphatic heterocycles. The third-order valence-electron chi connectivity index (χ3n) is 2.89. The average molecular weight is 235 g/mol. The van der Waals surface area contributed by atoms with Crippen molar-refractivity contribution in [2.45, 2.75) is 25.7 Å². The van der Waals surface area contributed by atoms with Crippen LogP contribution < -0.4 is 0 Å². The van der Waals surface area contributed by atoms with Gasteiger partial charge in [0.25, 0.3) is 0 Å². The van der Waals surface area contributed by atoms with Crippen LogP contribution in [0.25, 0.3) is 5.82 Å². The van der Waals surface area contributed by atoms with Crippen molar-refractivity contribution in [2.75, 3.05) is 0 Å². The summed E-state index contributed by atoms with van der Waals surface area (Å²) in [4.78, 5) is 12.5. The Labute approximate surface area is 98.3 Å². The molecular weight excluding hydrogens is 224 g/mol. The third-order valence-corrected chi connectivity index (χ3v) is 3.07. The van der Waals surface area contributed by atoms with Gasteiger partial charge in [0, 0.05) is 11.9 Å². The van der Waals surface area contributed by atoms with Gasteiger partial charge >= 0.3 is 0 Å². The van der Waals surface area contributed by atoms with Crippen LogP contribution in [-0.2, 0) is 12.8 Å². The van der Waals surface area contributed by atoms with Crippen LogP contribution in [0.2, 0.25) is 5.28 Å². The zero-order chi connectivity index (χ0) is 11.0. The largest absolute Gasteiger partial charge is 0.287 e. The smallest absolute Gasteiger partial charge is 0.224 e. The molecule has 0 spiro atoms. The van der Waals surface area contributed by atoms with Gasteiger partial charge in [0.1, 0.15) is 12.1 Å². The predicted octanol–water partition coefficient (Wildman–Crippen LogP) is 2.19. The van der Waals surface area contributed by atoms with E-state index in [-0.39, 0.29) is 5.28 Å². The second-order valence-electron chi connectivity index (χ2n) is 3.90. The summed E-state index contributed by atoms with van der Waals surface area (Å²) in [7, 11) is 0. The number of hydrogen-bond acceptors (Lipinski definition) is 3. The van der Waals surface area contributed by atoms with Crippen LogP contribution in [0.3, 0.4) is 0 Å². The lowest BCUT2D eigenvalue weighted by Gasteiger charge is -2.13. The van der Waals surface area contributed by atoms with E-state index >= 15 is 0 Å². The maximum absolute atomic E-state index is 5.79. The molecule has 0 bridgehead atoms. The van der Waals surface area contributed by atoms with Gasteiger partial charge in [-0.3, -0.25) is 4.57 Å². The van der Waals surface area contributed by atoms with Gasteiger partial charge in [0.2, 0.25) is 5.28 Å². The van der Waals surface area contributed by atoms with E-state index in [2.05, 4.69) is 15.0 Å². The molecule has 0 unspecified atom stereocenters. The van der Waals surface area contributed by atoms with E-state index in [0.717, 1.165) is 18.7 Å². The first kappa shape index (κ1) is 9.78. The monoisotopic (exact) mass is 234 g/mol. The number of fused-ring (bicyclic) bond motifs is 1. The Bertz CT molecular complexity index is 520. The molecule has 0 amide bonds. The maximum atomic E-state index is 5.79. The first-order valence-corrected chi connectivity index (χ1v) is 5.76. The minimum Gasteiger partial charge on any atom is -0.287 e. The van der Waals surface area contributed by atoms with Gasteiger partial charge in [-0.05, 0) is 43.4 Å². The average Bonchev–Trinajstić information content (AvgIpc) is 2.72. The van der Waals surface area contributed by atoms with Crippen LogP contribution in [-0.4, -0.2) is 19.5 Å². The first-order valence-electron chi connectivity index (χ1n) is 5.38. The van der Waals surface area contributed by atoms with Crippen LogP contribution in [0, 0.1) is 0 Å². The minimum atomic E-state index is 0.274. The molecule has 0 aromatic carbocycles. The van der Waals surface area contributed by atoms with E-state index in [1.54, 1.807) is 6.20 Å². The van der Waals surface area contributed by atoms with Crippen LogP contribution in [0.15, 0.2) is 18.6 Å². The molecule has 0 fully saturated rings. The van der Waals surface area contributed by atoms with Crippen LogP contribution in [0.5, 0.6) is 0 Å². The minimum absolute atomic E-state index is 0.274. The standard InChI is InChI=1S/C11H11ClN4/c12-11-13-6-5-10(15-11)16-7-14-8-3-1-2-4-9(8)16/h5-7H,1-4H2. The quantitative estimate of drug-likeness (QED) is 0.711. The summed E-state index contributed by atoms with van der Waals surface area (Å²) in [5.74, 6) is 0.802. The molecule has 0 saturated heterocycles. The van der Waals surface area contributed by atoms with Crippen molar-refractivity contribution in [3.05, 3.63) is 35.3 Å². The summed E-state index contributed by atoms with van der Waals surface area (Å²) in [5, 5.41) is 0.274. The molecule has 5 heteroatoms. The van der Waals surface area contributed by atoms with Crippen molar-refractivity contribution in [2.24, 2.45) is 0 Å². The highest BCUT2D eigenvalue weighted by molar-refractivity contribution is 6.28. The summed E-state index contributed by atoms with van der Waals surface area (Å²) >= 11 is 5.79. The van der Waals surface area contributed by atoms with Gasteiger partial charge in [0.15, 0.2) is 0 Å². The van der Waals surface area contributed by atoms with E-state index in [9.17, 15) is 0 Å². The van der Waals surface area contributed by atoms with Crippen molar-refractivity contribution in [3.8, 4) is 5.82 Å². The Morgan fingerprint density at radius 1 is 1.19 bits per heavy atom. The highest BCUT2D eigenvalue weighted by atomic mass is 35.5. The number of aromatic nitrogens is 4. The molecule has 3 rings (SSSR count). The maximum Gasteiger partial charge on any atom is 0.224 e. The highest BCUT2D eigenvalue weighted by Crippen LogP contribution is 2.22. The normalized spacial score (nSPS) is 14.8. The lowest BCUT2D eigenvalue weighted by Crippen LogP contribution is -2.08. The Kier molecular flexibility index (Phi) is 2.36. The second kappa shape index (κ2) is 3.87. The number of imidazole rings is 1. The molecule has 2 heterocycles. The summed E-state index contributed by atoms with van der Waals surface area (Å²) in [6, 6.07) is 1.85. The predicted molar refractivity (Wildman–Crippen MR) is 60.8 cm³/mol. The number of hydrogen-bond donors (Lipinski definition) is 0. The molecule has 1 aliphatic carbocycles. The zero-order valence-corrected chi connectivity index (χ0v) is 9.48. The molecule has 0 N–H and O–H groups in total. The van der Waals surface area contributed by atoms with E-state index in [0.29, 0.717) is 0 Å². The third kappa shape index (κ3) is 1.59. The fourth-order valence-corrected chi connectivity index (χ4v) is 2.27. The highest BCUT2D eigenvalue weighted by Gasteiger charge is 2.16. The van der Waals surface area contributed by atoms with Crippen molar-refractivity contribution in [3.63, 3.8) is 0 Å². The van der Waals surface area contributed by atoms with Gasteiger partial charge in [-0.25, -0.2) is 9.97 Å². The second-order valence-corrected chi connectivity index (χ2v) is 4.24. The van der Waals surface area contributed by atoms with Crippen LogP contribution >= 0.6 is 11.6 Å². The molecule has 4 nitrogen and oxygen atoms in total. The van der Waals surface area contributed by atoms with Gasteiger partial charge < -0.3 is 0 Å². The van der Waals surface area contributed by atoms with Crippen molar-refractivity contribution >= 4 is 11.6 Å². The van der Waals surface area contributed by atoms with E-state index < -0.39 is 0 Å². The van der Waals surface area contributed by atoms with Crippen LogP contribution in [0.1, 0.15) is 24.2 Å². The summed E-state index contributed by atoms with van der Waals surface area (Å²) in [5.41, 5.74) is 2.46. The Morgan fingerprint density at radius 2 is 2.06 bits per heavy atom. The lowest BCUT2D eigenvalue weighted by atomic mass is 10.0. The van der Waals surface area contributed by atoms with Crippen LogP contribution in [0.4, 0.5) is 0 Å². The summed E-state index contributed by atoms with van der Waals surface area (Å²) in [6.07, 6.45) is 8.08. The van der Waals surface area contributed by atoms with Gasteiger partial charge in [-0.2, -0.15) is 4.98 Å². The number of aryl methyl sites for hydroxylation is 1. The SMILES string of the molecule is Clc1nccc(-n2cnc3c2CCCC3)n1. The summed E-state index contributed by atoms with van der Waals surface area (Å²) in [6.45, 7) is 0. The van der Waals surface area contributed by atoms with E-state index in [1.807, 2.05) is 17.0 Å². The van der Waals surface area contributed by atoms with Gasteiger partial charge in [-0.15, -0.1) is 0 Å². The molecule has 2 aromatic heterocycles. The van der Waals surface area contributed by atoms with Crippen molar-refractivity contribution in [1.29, 1.82) is 0 Å². The number of rotatable bonds is 1. The molecule has 1 aliphatic rings. The fraction of sp³-hybridized carbons (Fsp3) is 0.364. The Balaban J connectivity index is 2.09. The van der Waals surface area contributed by atoms with E-state index in [4.69, 9.17) is 11.6 Å². The Morgan fingerprint density at radius 3 is 2.94 bits per heavy atom. The van der Waals surface area contributed by atoms with E-state index in [1.165, 1.54) is 24.2 Å². The molecule has 82 valence electrons. The van der Waals surface area contributed by atoms with Crippen molar-refractivity contribution < 1.29 is 0 Å². The van der Waals surface area contributed by atoms with Crippen molar-refractivity contribution in [1.82, 2.24) is 19.5 Å². The number of nitrogens with zero attached hydrogens (tertiary/aromatic N) is 4. The topological polar surface area (TPSA) is 43.6 Å². The zero-order valence-electron chi connectivity index (χ0n) is 8.73. The van der Waals surface area contributed by atoms with Gasteiger partial charge in [0.05, 0.1) is 5.69 Å². The van der Waals surface area contributed by atoms with Gasteiger partial charge in [-0.1, -0.05) is 0 Å². The molecule has 0 radical (unpaired) electrons. The number of halogens is 1. The molecule has 0 saturated carbocycles. The Hall–Kier alpha value is -1.42. The lowest BCUT2D eigenvalue weighted by molar-refractivity contribution is 0.654. The summed E-state index contributed by atoms with van der Waals surface area (Å²) < 4.78 is 2.02. The molecule has 0 atom stereocenters.